The average molecular weight is 391 g/mol. The highest BCUT2D eigenvalue weighted by Crippen LogP contribution is 2.59. The standard InChI is InChI=1S/C20H23BrO3/c21-15-8-6-14(7-9-15)16-19(10-4-5-11-19)17(22)20(18(23)24-16)12-2-1-3-13-20/h6-9,16H,1-5,10-13H2. The molecular weight excluding hydrogens is 368 g/mol. The summed E-state index contributed by atoms with van der Waals surface area (Å²) in [6.45, 7) is 0. The van der Waals surface area contributed by atoms with Gasteiger partial charge in [-0.25, -0.2) is 0 Å². The molecule has 128 valence electrons. The van der Waals surface area contributed by atoms with Crippen molar-refractivity contribution in [1.29, 1.82) is 0 Å². The normalized spacial score (nSPS) is 28.3. The van der Waals surface area contributed by atoms with Crippen LogP contribution in [0.5, 0.6) is 0 Å². The van der Waals surface area contributed by atoms with E-state index >= 15 is 0 Å². The Kier molecular flexibility index (Phi) is 4.06. The molecule has 0 aromatic heterocycles. The fourth-order valence-electron chi connectivity index (χ4n) is 5.13. The molecule has 0 bridgehead atoms. The van der Waals surface area contributed by atoms with E-state index in [1.54, 1.807) is 0 Å². The van der Waals surface area contributed by atoms with E-state index in [0.29, 0.717) is 12.8 Å². The van der Waals surface area contributed by atoms with E-state index in [-0.39, 0.29) is 11.8 Å². The summed E-state index contributed by atoms with van der Waals surface area (Å²) in [6.07, 6.45) is 7.77. The molecule has 0 N–H and O–H groups in total. The van der Waals surface area contributed by atoms with Crippen molar-refractivity contribution in [3.8, 4) is 0 Å². The number of Topliss-reactive ketones (excluding diaryl/α,β-unsaturated/α-hetero) is 1. The largest absolute Gasteiger partial charge is 0.456 e. The molecule has 4 heteroatoms. The van der Waals surface area contributed by atoms with E-state index in [0.717, 1.165) is 55.0 Å². The second kappa shape index (κ2) is 5.98. The summed E-state index contributed by atoms with van der Waals surface area (Å²) in [5.74, 6) is -0.0750. The summed E-state index contributed by atoms with van der Waals surface area (Å²) in [5, 5.41) is 0. The van der Waals surface area contributed by atoms with Gasteiger partial charge in [-0.3, -0.25) is 9.59 Å². The smallest absolute Gasteiger partial charge is 0.320 e. The fraction of sp³-hybridized carbons (Fsp3) is 0.600. The zero-order chi connectivity index (χ0) is 16.8. The van der Waals surface area contributed by atoms with Crippen LogP contribution in [0.25, 0.3) is 0 Å². The zero-order valence-electron chi connectivity index (χ0n) is 13.9. The first-order valence-corrected chi connectivity index (χ1v) is 9.89. The second-order valence-electron chi connectivity index (χ2n) is 7.67. The third kappa shape index (κ3) is 2.29. The average Bonchev–Trinajstić information content (AvgIpc) is 3.09. The number of esters is 1. The number of cyclic esters (lactones) is 1. The van der Waals surface area contributed by atoms with Crippen LogP contribution < -0.4 is 0 Å². The molecular formula is C20H23BrO3. The van der Waals surface area contributed by atoms with Gasteiger partial charge in [0.2, 0.25) is 0 Å². The molecule has 0 amide bonds. The lowest BCUT2D eigenvalue weighted by atomic mass is 9.58. The lowest BCUT2D eigenvalue weighted by Gasteiger charge is -2.49. The molecule has 1 heterocycles. The maximum absolute atomic E-state index is 13.7. The van der Waals surface area contributed by atoms with Crippen LogP contribution in [-0.2, 0) is 14.3 Å². The Morgan fingerprint density at radius 1 is 0.875 bits per heavy atom. The first-order valence-electron chi connectivity index (χ1n) is 9.10. The van der Waals surface area contributed by atoms with E-state index in [9.17, 15) is 9.59 Å². The first kappa shape index (κ1) is 16.3. The minimum Gasteiger partial charge on any atom is -0.456 e. The number of hydrogen-bond donors (Lipinski definition) is 0. The molecule has 1 aromatic carbocycles. The molecule has 24 heavy (non-hydrogen) atoms. The Labute approximate surface area is 151 Å². The van der Waals surface area contributed by atoms with Crippen LogP contribution in [0, 0.1) is 10.8 Å². The van der Waals surface area contributed by atoms with Gasteiger partial charge in [-0.05, 0) is 43.4 Å². The number of benzene rings is 1. The van der Waals surface area contributed by atoms with Gasteiger partial charge in [-0.1, -0.05) is 60.2 Å². The Morgan fingerprint density at radius 3 is 2.08 bits per heavy atom. The van der Waals surface area contributed by atoms with Crippen molar-refractivity contribution in [2.24, 2.45) is 10.8 Å². The molecule has 2 aliphatic carbocycles. The van der Waals surface area contributed by atoms with Crippen LogP contribution in [0.15, 0.2) is 28.7 Å². The minimum atomic E-state index is -0.853. The van der Waals surface area contributed by atoms with Crippen LogP contribution in [0.4, 0.5) is 0 Å². The number of ketones is 1. The Hall–Kier alpha value is -1.16. The van der Waals surface area contributed by atoms with E-state index in [2.05, 4.69) is 15.9 Å². The molecule has 3 aliphatic rings. The van der Waals surface area contributed by atoms with Crippen LogP contribution in [0.2, 0.25) is 0 Å². The molecule has 1 unspecified atom stereocenters. The molecule has 1 atom stereocenters. The van der Waals surface area contributed by atoms with Crippen molar-refractivity contribution < 1.29 is 14.3 Å². The summed E-state index contributed by atoms with van der Waals surface area (Å²) in [4.78, 5) is 26.6. The first-order chi connectivity index (χ1) is 11.6. The molecule has 0 radical (unpaired) electrons. The predicted molar refractivity (Wildman–Crippen MR) is 94.4 cm³/mol. The van der Waals surface area contributed by atoms with Gasteiger partial charge in [0.1, 0.15) is 11.5 Å². The van der Waals surface area contributed by atoms with Gasteiger partial charge in [0.25, 0.3) is 0 Å². The third-order valence-corrected chi connectivity index (χ3v) is 6.91. The number of hydrogen-bond acceptors (Lipinski definition) is 3. The maximum atomic E-state index is 13.7. The van der Waals surface area contributed by atoms with Gasteiger partial charge in [-0.2, -0.15) is 0 Å². The molecule has 1 saturated heterocycles. The van der Waals surface area contributed by atoms with E-state index in [1.807, 2.05) is 24.3 Å². The Bertz CT molecular complexity index is 652. The van der Waals surface area contributed by atoms with Crippen molar-refractivity contribution in [2.75, 3.05) is 0 Å². The number of rotatable bonds is 1. The summed E-state index contributed by atoms with van der Waals surface area (Å²) in [6, 6.07) is 7.88. The summed E-state index contributed by atoms with van der Waals surface area (Å²) < 4.78 is 7.03. The van der Waals surface area contributed by atoms with Crippen molar-refractivity contribution in [3.63, 3.8) is 0 Å². The minimum absolute atomic E-state index is 0.191. The Morgan fingerprint density at radius 2 is 1.46 bits per heavy atom. The summed E-state index contributed by atoms with van der Waals surface area (Å²) in [5.41, 5.74) is -0.402. The van der Waals surface area contributed by atoms with Gasteiger partial charge in [0.15, 0.2) is 5.78 Å². The molecule has 1 aromatic rings. The van der Waals surface area contributed by atoms with Gasteiger partial charge in [0.05, 0.1) is 5.41 Å². The van der Waals surface area contributed by atoms with E-state index in [4.69, 9.17) is 4.74 Å². The van der Waals surface area contributed by atoms with Crippen LogP contribution in [0.3, 0.4) is 0 Å². The summed E-state index contributed by atoms with van der Waals surface area (Å²) >= 11 is 3.45. The third-order valence-electron chi connectivity index (χ3n) is 6.38. The monoisotopic (exact) mass is 390 g/mol. The lowest BCUT2D eigenvalue weighted by molar-refractivity contribution is -0.194. The highest BCUT2D eigenvalue weighted by atomic mass is 79.9. The molecule has 1 aliphatic heterocycles. The lowest BCUT2D eigenvalue weighted by Crippen LogP contribution is -2.57. The quantitative estimate of drug-likeness (QED) is 0.493. The van der Waals surface area contributed by atoms with Gasteiger partial charge < -0.3 is 4.74 Å². The predicted octanol–water partition coefficient (Wildman–Crippen LogP) is 5.13. The van der Waals surface area contributed by atoms with Crippen molar-refractivity contribution in [2.45, 2.75) is 63.9 Å². The highest BCUT2D eigenvalue weighted by molar-refractivity contribution is 9.10. The molecule has 4 rings (SSSR count). The summed E-state index contributed by atoms with van der Waals surface area (Å²) in [7, 11) is 0. The van der Waals surface area contributed by atoms with Crippen LogP contribution in [-0.4, -0.2) is 11.8 Å². The fourth-order valence-corrected chi connectivity index (χ4v) is 5.39. The van der Waals surface area contributed by atoms with Gasteiger partial charge in [0, 0.05) is 4.47 Å². The number of carbonyl (C=O) groups is 2. The van der Waals surface area contributed by atoms with E-state index < -0.39 is 16.9 Å². The highest BCUT2D eigenvalue weighted by Gasteiger charge is 2.64. The molecule has 3 fully saturated rings. The van der Waals surface area contributed by atoms with Gasteiger partial charge >= 0.3 is 5.97 Å². The topological polar surface area (TPSA) is 43.4 Å². The van der Waals surface area contributed by atoms with Gasteiger partial charge in [-0.15, -0.1) is 0 Å². The molecule has 2 saturated carbocycles. The van der Waals surface area contributed by atoms with Crippen molar-refractivity contribution in [3.05, 3.63) is 34.3 Å². The second-order valence-corrected chi connectivity index (χ2v) is 8.59. The number of ether oxygens (including phenoxy) is 1. The Balaban J connectivity index is 1.77. The van der Waals surface area contributed by atoms with Crippen molar-refractivity contribution >= 4 is 27.7 Å². The zero-order valence-corrected chi connectivity index (χ0v) is 15.4. The number of carbonyl (C=O) groups excluding carboxylic acids is 2. The number of halogens is 1. The maximum Gasteiger partial charge on any atom is 0.320 e. The van der Waals surface area contributed by atoms with Crippen LogP contribution in [0.1, 0.15) is 69.5 Å². The van der Waals surface area contributed by atoms with Crippen LogP contribution >= 0.6 is 15.9 Å². The SMILES string of the molecule is O=C1OC(c2ccc(Br)cc2)C2(CCCC2)C(=O)C12CCCCC2. The van der Waals surface area contributed by atoms with Crippen molar-refractivity contribution in [1.82, 2.24) is 0 Å². The van der Waals surface area contributed by atoms with E-state index in [1.165, 1.54) is 0 Å². The molecule has 2 spiro atoms. The molecule has 3 nitrogen and oxygen atoms in total.